The van der Waals surface area contributed by atoms with Crippen LogP contribution in [0.2, 0.25) is 0 Å². The van der Waals surface area contributed by atoms with Gasteiger partial charge in [-0.2, -0.15) is 11.8 Å². The number of carbonyl (C=O) groups excluding carboxylic acids is 2. The Bertz CT molecular complexity index is 386. The summed E-state index contributed by atoms with van der Waals surface area (Å²) in [4.78, 5) is 23.0. The largest absolute Gasteiger partial charge is 0.355 e. The normalized spacial score (nSPS) is 26.4. The first kappa shape index (κ1) is 18.1. The molecule has 0 radical (unpaired) electrons. The van der Waals surface area contributed by atoms with Gasteiger partial charge in [0.05, 0.1) is 12.1 Å². The van der Waals surface area contributed by atoms with Gasteiger partial charge >= 0.3 is 6.03 Å². The molecule has 3 unspecified atom stereocenters. The standard InChI is InChI=1S/C13H24N4O2S3/c14-8-22-21-6-5-15-11(18)4-2-1-3-10-12-9(7-20-10)16-13(19)17-12/h9-10,12H,1-8,14H2,(H,15,18)(H2,16,17,19). The summed E-state index contributed by atoms with van der Waals surface area (Å²) in [5, 5.41) is 9.35. The minimum Gasteiger partial charge on any atom is -0.355 e. The molecule has 0 bridgehead atoms. The lowest BCUT2D eigenvalue weighted by Gasteiger charge is -2.16. The summed E-state index contributed by atoms with van der Waals surface area (Å²) in [7, 11) is 3.29. The average molecular weight is 365 g/mol. The van der Waals surface area contributed by atoms with E-state index in [9.17, 15) is 9.59 Å². The second kappa shape index (κ2) is 9.79. The first-order valence-electron chi connectivity index (χ1n) is 7.60. The second-order valence-electron chi connectivity index (χ2n) is 5.32. The summed E-state index contributed by atoms with van der Waals surface area (Å²) in [5.41, 5.74) is 5.37. The smallest absolute Gasteiger partial charge is 0.315 e. The third-order valence-corrected chi connectivity index (χ3v) is 7.33. The predicted octanol–water partition coefficient (Wildman–Crippen LogP) is 1.13. The van der Waals surface area contributed by atoms with Gasteiger partial charge in [0, 0.05) is 35.6 Å². The van der Waals surface area contributed by atoms with E-state index >= 15 is 0 Å². The molecule has 2 rings (SSSR count). The van der Waals surface area contributed by atoms with Gasteiger partial charge in [0.15, 0.2) is 0 Å². The molecule has 0 aromatic rings. The van der Waals surface area contributed by atoms with Crippen molar-refractivity contribution in [3.8, 4) is 0 Å². The van der Waals surface area contributed by atoms with Gasteiger partial charge in [0.25, 0.3) is 0 Å². The number of hydrogen-bond donors (Lipinski definition) is 4. The van der Waals surface area contributed by atoms with Gasteiger partial charge in [-0.3, -0.25) is 4.79 Å². The van der Waals surface area contributed by atoms with Crippen molar-refractivity contribution < 1.29 is 9.59 Å². The molecule has 5 N–H and O–H groups in total. The van der Waals surface area contributed by atoms with E-state index in [0.29, 0.717) is 24.1 Å². The van der Waals surface area contributed by atoms with E-state index in [1.54, 1.807) is 21.6 Å². The number of rotatable bonds is 10. The number of nitrogens with two attached hydrogens (primary N) is 1. The van der Waals surface area contributed by atoms with Crippen molar-refractivity contribution in [2.45, 2.75) is 43.0 Å². The summed E-state index contributed by atoms with van der Waals surface area (Å²) in [6.45, 7) is 0.705. The van der Waals surface area contributed by atoms with Crippen LogP contribution in [0.5, 0.6) is 0 Å². The number of nitrogens with one attached hydrogen (secondary N) is 3. The number of hydrogen-bond acceptors (Lipinski definition) is 6. The predicted molar refractivity (Wildman–Crippen MR) is 96.1 cm³/mol. The van der Waals surface area contributed by atoms with Crippen molar-refractivity contribution in [1.29, 1.82) is 0 Å². The molecular formula is C13H24N4O2S3. The molecule has 2 heterocycles. The van der Waals surface area contributed by atoms with E-state index in [-0.39, 0.29) is 24.0 Å². The fraction of sp³-hybridized carbons (Fsp3) is 0.846. The van der Waals surface area contributed by atoms with E-state index in [1.807, 2.05) is 11.8 Å². The fourth-order valence-electron chi connectivity index (χ4n) is 2.70. The molecule has 22 heavy (non-hydrogen) atoms. The Morgan fingerprint density at radius 3 is 3.05 bits per heavy atom. The summed E-state index contributed by atoms with van der Waals surface area (Å²) in [6.07, 6.45) is 3.59. The van der Waals surface area contributed by atoms with Crippen molar-refractivity contribution in [3.05, 3.63) is 0 Å². The zero-order valence-electron chi connectivity index (χ0n) is 12.5. The Morgan fingerprint density at radius 2 is 2.23 bits per heavy atom. The van der Waals surface area contributed by atoms with Crippen LogP contribution in [-0.2, 0) is 4.79 Å². The van der Waals surface area contributed by atoms with Gasteiger partial charge in [0.1, 0.15) is 0 Å². The molecule has 2 fully saturated rings. The fourth-order valence-corrected chi connectivity index (χ4v) is 5.54. The molecule has 2 saturated heterocycles. The number of unbranched alkanes of at least 4 members (excludes halogenated alkanes) is 1. The lowest BCUT2D eigenvalue weighted by Crippen LogP contribution is -2.36. The van der Waals surface area contributed by atoms with Crippen LogP contribution in [0, 0.1) is 0 Å². The van der Waals surface area contributed by atoms with E-state index < -0.39 is 0 Å². The van der Waals surface area contributed by atoms with Crippen molar-refractivity contribution >= 4 is 45.3 Å². The maximum atomic E-state index is 11.7. The van der Waals surface area contributed by atoms with Crippen LogP contribution in [0.25, 0.3) is 0 Å². The van der Waals surface area contributed by atoms with Crippen LogP contribution in [0.15, 0.2) is 0 Å². The quantitative estimate of drug-likeness (QED) is 0.201. The third kappa shape index (κ3) is 5.75. The number of thioether (sulfide) groups is 1. The minimum absolute atomic E-state index is 0.0367. The molecule has 0 aromatic carbocycles. The molecule has 2 aliphatic rings. The van der Waals surface area contributed by atoms with Gasteiger partial charge in [-0.15, -0.1) is 0 Å². The Hall–Kier alpha value is -0.250. The number of fused-ring (bicyclic) bond motifs is 1. The van der Waals surface area contributed by atoms with E-state index in [1.165, 1.54) is 0 Å². The molecule has 0 saturated carbocycles. The minimum atomic E-state index is -0.0367. The van der Waals surface area contributed by atoms with Gasteiger partial charge in [-0.1, -0.05) is 28.0 Å². The summed E-state index contributed by atoms with van der Waals surface area (Å²) >= 11 is 1.92. The van der Waals surface area contributed by atoms with Crippen molar-refractivity contribution in [2.75, 3.05) is 23.9 Å². The van der Waals surface area contributed by atoms with Crippen LogP contribution in [0.4, 0.5) is 4.79 Å². The number of carbonyl (C=O) groups is 2. The first-order valence-corrected chi connectivity index (χ1v) is 11.1. The van der Waals surface area contributed by atoms with Gasteiger partial charge in [-0.05, 0) is 12.8 Å². The van der Waals surface area contributed by atoms with Crippen LogP contribution in [0.1, 0.15) is 25.7 Å². The molecular weight excluding hydrogens is 340 g/mol. The lowest BCUT2D eigenvalue weighted by molar-refractivity contribution is -0.121. The monoisotopic (exact) mass is 364 g/mol. The molecule has 6 nitrogen and oxygen atoms in total. The average Bonchev–Trinajstić information content (AvgIpc) is 3.03. The van der Waals surface area contributed by atoms with Crippen LogP contribution in [0.3, 0.4) is 0 Å². The van der Waals surface area contributed by atoms with E-state index in [0.717, 1.165) is 30.8 Å². The van der Waals surface area contributed by atoms with Crippen LogP contribution >= 0.6 is 33.3 Å². The van der Waals surface area contributed by atoms with Gasteiger partial charge in [-0.25, -0.2) is 4.79 Å². The van der Waals surface area contributed by atoms with Crippen molar-refractivity contribution in [1.82, 2.24) is 16.0 Å². The Kier molecular flexibility index (Phi) is 8.05. The highest BCUT2D eigenvalue weighted by atomic mass is 33.1. The van der Waals surface area contributed by atoms with E-state index in [2.05, 4.69) is 16.0 Å². The first-order chi connectivity index (χ1) is 10.7. The highest BCUT2D eigenvalue weighted by molar-refractivity contribution is 8.76. The topological polar surface area (TPSA) is 96.2 Å². The summed E-state index contributed by atoms with van der Waals surface area (Å²) < 4.78 is 0. The molecule has 9 heteroatoms. The lowest BCUT2D eigenvalue weighted by atomic mass is 10.0. The Labute approximate surface area is 143 Å². The molecule has 0 aromatic heterocycles. The molecule has 0 spiro atoms. The van der Waals surface area contributed by atoms with Gasteiger partial charge in [0.2, 0.25) is 5.91 Å². The molecule has 3 amide bonds. The van der Waals surface area contributed by atoms with Gasteiger partial charge < -0.3 is 21.7 Å². The second-order valence-corrected chi connectivity index (χ2v) is 9.22. The molecule has 126 valence electrons. The molecule has 0 aliphatic carbocycles. The van der Waals surface area contributed by atoms with E-state index in [4.69, 9.17) is 5.73 Å². The molecule has 3 atom stereocenters. The number of amides is 3. The summed E-state index contributed by atoms with van der Waals surface area (Å²) in [5.74, 6) is 2.62. The SMILES string of the molecule is NCSSCCNC(=O)CCCCC1SCC2NC(=O)NC21. The zero-order chi connectivity index (χ0) is 15.8. The van der Waals surface area contributed by atoms with Crippen molar-refractivity contribution in [3.63, 3.8) is 0 Å². The van der Waals surface area contributed by atoms with Crippen molar-refractivity contribution in [2.24, 2.45) is 5.73 Å². The highest BCUT2D eigenvalue weighted by Gasteiger charge is 2.42. The summed E-state index contributed by atoms with van der Waals surface area (Å²) in [6, 6.07) is 0.517. The Balaban J connectivity index is 1.49. The molecule has 2 aliphatic heterocycles. The maximum absolute atomic E-state index is 11.7. The Morgan fingerprint density at radius 1 is 1.36 bits per heavy atom. The zero-order valence-corrected chi connectivity index (χ0v) is 15.0. The highest BCUT2D eigenvalue weighted by Crippen LogP contribution is 2.33. The third-order valence-electron chi connectivity index (χ3n) is 3.74. The number of urea groups is 1. The van der Waals surface area contributed by atoms with Crippen LogP contribution < -0.4 is 21.7 Å². The van der Waals surface area contributed by atoms with Crippen LogP contribution in [-0.4, -0.2) is 53.2 Å². The maximum Gasteiger partial charge on any atom is 0.315 e.